The quantitative estimate of drug-likeness (QED) is 0.526. The van der Waals surface area contributed by atoms with E-state index in [-0.39, 0.29) is 20.6 Å². The van der Waals surface area contributed by atoms with Gasteiger partial charge in [-0.15, -0.1) is 11.3 Å². The molecule has 0 saturated heterocycles. The number of anilines is 1. The van der Waals surface area contributed by atoms with Gasteiger partial charge in [-0.25, -0.2) is 0 Å². The monoisotopic (exact) mass is 419 g/mol. The summed E-state index contributed by atoms with van der Waals surface area (Å²) >= 11 is 13.5. The lowest BCUT2D eigenvalue weighted by molar-refractivity contribution is -0.136. The normalized spacial score (nSPS) is 11.6. The van der Waals surface area contributed by atoms with Crippen LogP contribution in [0.2, 0.25) is 10.0 Å². The first-order valence-electron chi connectivity index (χ1n) is 7.16. The van der Waals surface area contributed by atoms with Crippen LogP contribution in [0.3, 0.4) is 0 Å². The molecule has 3 aromatic rings. The van der Waals surface area contributed by atoms with Crippen LogP contribution in [-0.2, 0) is 6.18 Å². The molecule has 26 heavy (non-hydrogen) atoms. The zero-order valence-corrected chi connectivity index (χ0v) is 15.4. The average molecular weight is 420 g/mol. The molecular formula is C17H10Cl2F3NO2S. The molecule has 0 aliphatic rings. The molecule has 0 unspecified atom stereocenters. The lowest BCUT2D eigenvalue weighted by Gasteiger charge is -2.13. The Bertz CT molecular complexity index is 1000. The van der Waals surface area contributed by atoms with E-state index >= 15 is 0 Å². The summed E-state index contributed by atoms with van der Waals surface area (Å²) in [6, 6.07) is 7.96. The number of alkyl halides is 3. The average Bonchev–Trinajstić information content (AvgIpc) is 2.93. The van der Waals surface area contributed by atoms with Crippen LogP contribution in [0.25, 0.3) is 10.1 Å². The van der Waals surface area contributed by atoms with Crippen molar-refractivity contribution in [1.82, 2.24) is 0 Å². The summed E-state index contributed by atoms with van der Waals surface area (Å²) in [6.07, 6.45) is -4.59. The number of benzene rings is 2. The number of ether oxygens (including phenoxy) is 1. The van der Waals surface area contributed by atoms with E-state index in [2.05, 4.69) is 5.32 Å². The van der Waals surface area contributed by atoms with Crippen LogP contribution in [0.5, 0.6) is 5.75 Å². The third kappa shape index (κ3) is 3.34. The second-order valence-electron chi connectivity index (χ2n) is 5.20. The van der Waals surface area contributed by atoms with Crippen LogP contribution in [0, 0.1) is 0 Å². The van der Waals surface area contributed by atoms with Crippen LogP contribution < -0.4 is 10.1 Å². The number of amides is 1. The van der Waals surface area contributed by atoms with Gasteiger partial charge < -0.3 is 10.1 Å². The first-order valence-corrected chi connectivity index (χ1v) is 8.73. The van der Waals surface area contributed by atoms with Crippen LogP contribution >= 0.6 is 34.5 Å². The Balaban J connectivity index is 2.02. The zero-order chi connectivity index (χ0) is 19.1. The Hall–Kier alpha value is -1.96. The maximum atomic E-state index is 13.1. The maximum Gasteiger partial charge on any atom is 0.418 e. The molecule has 0 aliphatic carbocycles. The summed E-state index contributed by atoms with van der Waals surface area (Å²) < 4.78 is 44.9. The molecule has 2 aromatic carbocycles. The molecule has 9 heteroatoms. The summed E-state index contributed by atoms with van der Waals surface area (Å²) in [5.74, 6) is -0.339. The third-order valence-electron chi connectivity index (χ3n) is 3.61. The van der Waals surface area contributed by atoms with Crippen LogP contribution in [0.4, 0.5) is 18.9 Å². The van der Waals surface area contributed by atoms with E-state index in [1.165, 1.54) is 25.3 Å². The zero-order valence-electron chi connectivity index (χ0n) is 13.1. The molecule has 0 aliphatic heterocycles. The topological polar surface area (TPSA) is 38.3 Å². The van der Waals surface area contributed by atoms with Crippen molar-refractivity contribution in [3.05, 3.63) is 56.9 Å². The van der Waals surface area contributed by atoms with Crippen molar-refractivity contribution in [2.45, 2.75) is 6.18 Å². The van der Waals surface area contributed by atoms with E-state index in [0.29, 0.717) is 15.8 Å². The highest BCUT2D eigenvalue weighted by Gasteiger charge is 2.34. The second kappa shape index (κ2) is 6.98. The molecule has 0 saturated carbocycles. The number of carbonyl (C=O) groups excluding carboxylic acids is 1. The number of hydrogen-bond donors (Lipinski definition) is 1. The smallest absolute Gasteiger partial charge is 0.418 e. The highest BCUT2D eigenvalue weighted by atomic mass is 35.5. The van der Waals surface area contributed by atoms with Crippen LogP contribution in [0.1, 0.15) is 15.2 Å². The number of hydrogen-bond acceptors (Lipinski definition) is 3. The standard InChI is InChI=1S/C17H10Cl2F3NO2S/c1-25-11-7-6-8-12(18)15(26-14(8)13(11)19)16(24)23-10-5-3-2-4-9(10)17(20,21)22/h2-7H,1H3,(H,23,24). The molecule has 0 atom stereocenters. The number of fused-ring (bicyclic) bond motifs is 1. The minimum Gasteiger partial charge on any atom is -0.495 e. The Morgan fingerprint density at radius 3 is 2.46 bits per heavy atom. The maximum absolute atomic E-state index is 13.1. The van der Waals surface area contributed by atoms with Gasteiger partial charge in [-0.3, -0.25) is 4.79 Å². The lowest BCUT2D eigenvalue weighted by atomic mass is 10.1. The van der Waals surface area contributed by atoms with Crippen molar-refractivity contribution in [3.63, 3.8) is 0 Å². The largest absolute Gasteiger partial charge is 0.495 e. The van der Waals surface area contributed by atoms with Gasteiger partial charge in [-0.2, -0.15) is 13.2 Å². The van der Waals surface area contributed by atoms with Gasteiger partial charge in [-0.05, 0) is 24.3 Å². The molecule has 0 bridgehead atoms. The SMILES string of the molecule is COc1ccc2c(Cl)c(C(=O)Nc3ccccc3C(F)(F)F)sc2c1Cl. The van der Waals surface area contributed by atoms with E-state index < -0.39 is 17.6 Å². The van der Waals surface area contributed by atoms with E-state index in [1.807, 2.05) is 0 Å². The summed E-state index contributed by atoms with van der Waals surface area (Å²) in [5.41, 5.74) is -1.28. The Morgan fingerprint density at radius 1 is 1.12 bits per heavy atom. The summed E-state index contributed by atoms with van der Waals surface area (Å²) in [6.45, 7) is 0. The highest BCUT2D eigenvalue weighted by Crippen LogP contribution is 2.43. The number of rotatable bonds is 3. The van der Waals surface area contributed by atoms with Gasteiger partial charge in [0.05, 0.1) is 28.1 Å². The minimum absolute atomic E-state index is 0.0637. The van der Waals surface area contributed by atoms with Crippen molar-refractivity contribution in [1.29, 1.82) is 0 Å². The van der Waals surface area contributed by atoms with Crippen molar-refractivity contribution in [2.24, 2.45) is 0 Å². The summed E-state index contributed by atoms with van der Waals surface area (Å²) in [7, 11) is 1.45. The number of nitrogens with one attached hydrogen (secondary N) is 1. The number of thiophene rings is 1. The van der Waals surface area contributed by atoms with Crippen LogP contribution in [0.15, 0.2) is 36.4 Å². The molecular weight excluding hydrogens is 410 g/mol. The molecule has 3 nitrogen and oxygen atoms in total. The predicted octanol–water partition coefficient (Wildman–Crippen LogP) is 6.49. The second-order valence-corrected chi connectivity index (χ2v) is 6.98. The Morgan fingerprint density at radius 2 is 1.81 bits per heavy atom. The number of para-hydroxylation sites is 1. The van der Waals surface area contributed by atoms with Crippen molar-refractivity contribution in [3.8, 4) is 5.75 Å². The van der Waals surface area contributed by atoms with Crippen molar-refractivity contribution < 1.29 is 22.7 Å². The molecule has 136 valence electrons. The van der Waals surface area contributed by atoms with E-state index in [1.54, 1.807) is 12.1 Å². The molecule has 3 rings (SSSR count). The summed E-state index contributed by atoms with van der Waals surface area (Å²) in [4.78, 5) is 12.6. The first-order chi connectivity index (χ1) is 12.2. The van der Waals surface area contributed by atoms with Gasteiger partial charge in [0.2, 0.25) is 0 Å². The first kappa shape index (κ1) is 18.8. The van der Waals surface area contributed by atoms with E-state index in [9.17, 15) is 18.0 Å². The summed E-state index contributed by atoms with van der Waals surface area (Å²) in [5, 5.41) is 3.21. The molecule has 1 aromatic heterocycles. The van der Waals surface area contributed by atoms with Gasteiger partial charge in [0.1, 0.15) is 15.6 Å². The number of halogens is 5. The van der Waals surface area contributed by atoms with Gasteiger partial charge in [-0.1, -0.05) is 35.3 Å². The Kier molecular flexibility index (Phi) is 5.05. The highest BCUT2D eigenvalue weighted by molar-refractivity contribution is 7.22. The fourth-order valence-corrected chi connectivity index (χ4v) is 4.19. The third-order valence-corrected chi connectivity index (χ3v) is 5.82. The van der Waals surface area contributed by atoms with Crippen molar-refractivity contribution >= 4 is 56.2 Å². The molecule has 1 N–H and O–H groups in total. The van der Waals surface area contributed by atoms with E-state index in [0.717, 1.165) is 17.4 Å². The molecule has 1 amide bonds. The molecule has 1 heterocycles. The predicted molar refractivity (Wildman–Crippen MR) is 97.8 cm³/mol. The van der Waals surface area contributed by atoms with Gasteiger partial charge in [0.15, 0.2) is 0 Å². The lowest BCUT2D eigenvalue weighted by Crippen LogP contribution is -2.15. The van der Waals surface area contributed by atoms with Gasteiger partial charge >= 0.3 is 6.18 Å². The molecule has 0 fully saturated rings. The van der Waals surface area contributed by atoms with Gasteiger partial charge in [0, 0.05) is 5.39 Å². The van der Waals surface area contributed by atoms with Gasteiger partial charge in [0.25, 0.3) is 5.91 Å². The minimum atomic E-state index is -4.59. The molecule has 0 radical (unpaired) electrons. The van der Waals surface area contributed by atoms with E-state index in [4.69, 9.17) is 27.9 Å². The number of methoxy groups -OCH3 is 1. The fraction of sp³-hybridized carbons (Fsp3) is 0.118. The van der Waals surface area contributed by atoms with Crippen LogP contribution in [-0.4, -0.2) is 13.0 Å². The number of carbonyl (C=O) groups is 1. The Labute approximate surface area is 160 Å². The molecule has 0 spiro atoms. The fourth-order valence-electron chi connectivity index (χ4n) is 2.40. The van der Waals surface area contributed by atoms with Crippen molar-refractivity contribution in [2.75, 3.05) is 12.4 Å².